The Labute approximate surface area is 176 Å². The zero-order valence-electron chi connectivity index (χ0n) is 17.6. The summed E-state index contributed by atoms with van der Waals surface area (Å²) in [6.45, 7) is 6.75. The van der Waals surface area contributed by atoms with Crippen molar-refractivity contribution in [1.82, 2.24) is 10.5 Å². The van der Waals surface area contributed by atoms with Crippen LogP contribution in [0, 0.1) is 0 Å². The maximum absolute atomic E-state index is 10.9. The van der Waals surface area contributed by atoms with Gasteiger partial charge in [-0.25, -0.2) is 10.5 Å². The van der Waals surface area contributed by atoms with Crippen molar-refractivity contribution in [2.45, 2.75) is 39.5 Å². The van der Waals surface area contributed by atoms with Crippen LogP contribution in [0.5, 0.6) is 5.75 Å². The van der Waals surface area contributed by atoms with Gasteiger partial charge in [0.2, 0.25) is 11.8 Å². The van der Waals surface area contributed by atoms with E-state index in [4.69, 9.17) is 14.4 Å². The van der Waals surface area contributed by atoms with Crippen molar-refractivity contribution >= 4 is 22.7 Å². The van der Waals surface area contributed by atoms with Gasteiger partial charge in [0, 0.05) is 36.8 Å². The van der Waals surface area contributed by atoms with Gasteiger partial charge < -0.3 is 14.1 Å². The Kier molecular flexibility index (Phi) is 7.68. The molecule has 0 saturated carbocycles. The Bertz CT molecular complexity index is 949. The topological polar surface area (TPSA) is 87.8 Å². The van der Waals surface area contributed by atoms with Crippen LogP contribution < -0.4 is 15.1 Å². The molecule has 0 fully saturated rings. The molecule has 1 amide bonds. The van der Waals surface area contributed by atoms with Crippen molar-refractivity contribution in [2.24, 2.45) is 0 Å². The van der Waals surface area contributed by atoms with Crippen LogP contribution in [0.25, 0.3) is 22.6 Å². The first-order chi connectivity index (χ1) is 14.6. The molecule has 2 N–H and O–H groups in total. The monoisotopic (exact) mass is 411 g/mol. The van der Waals surface area contributed by atoms with Crippen LogP contribution in [-0.2, 0) is 4.79 Å². The number of hydroxylamine groups is 1. The number of nitrogens with one attached hydrogen (secondary N) is 1. The maximum atomic E-state index is 10.9. The van der Waals surface area contributed by atoms with E-state index in [-0.39, 0.29) is 5.91 Å². The van der Waals surface area contributed by atoms with Gasteiger partial charge in [-0.15, -0.1) is 0 Å². The second-order valence-electron chi connectivity index (χ2n) is 7.06. The van der Waals surface area contributed by atoms with Crippen LogP contribution in [-0.4, -0.2) is 35.8 Å². The summed E-state index contributed by atoms with van der Waals surface area (Å²) in [5.74, 6) is 1.03. The Balaban J connectivity index is 1.56. The predicted octanol–water partition coefficient (Wildman–Crippen LogP) is 4.79. The van der Waals surface area contributed by atoms with E-state index in [1.165, 1.54) is 0 Å². The highest BCUT2D eigenvalue weighted by Gasteiger charge is 2.11. The van der Waals surface area contributed by atoms with Crippen LogP contribution in [0.15, 0.2) is 46.9 Å². The summed E-state index contributed by atoms with van der Waals surface area (Å²) in [4.78, 5) is 17.8. The minimum absolute atomic E-state index is 0.326. The van der Waals surface area contributed by atoms with Gasteiger partial charge in [0.05, 0.1) is 6.61 Å². The smallest absolute Gasteiger partial charge is 0.243 e. The predicted molar refractivity (Wildman–Crippen MR) is 117 cm³/mol. The van der Waals surface area contributed by atoms with Gasteiger partial charge in [0.1, 0.15) is 11.3 Å². The molecule has 1 heterocycles. The molecular formula is C23H29N3O4. The average molecular weight is 412 g/mol. The fourth-order valence-corrected chi connectivity index (χ4v) is 3.33. The van der Waals surface area contributed by atoms with Gasteiger partial charge in [0.15, 0.2) is 5.58 Å². The summed E-state index contributed by atoms with van der Waals surface area (Å²) in [5, 5.41) is 8.45. The molecule has 0 saturated heterocycles. The van der Waals surface area contributed by atoms with Crippen molar-refractivity contribution in [1.29, 1.82) is 0 Å². The zero-order chi connectivity index (χ0) is 21.3. The van der Waals surface area contributed by atoms with Gasteiger partial charge in [-0.3, -0.25) is 10.0 Å². The van der Waals surface area contributed by atoms with E-state index >= 15 is 0 Å². The molecule has 0 radical (unpaired) electrons. The molecule has 30 heavy (non-hydrogen) atoms. The molecule has 3 aromatic rings. The molecular weight excluding hydrogens is 382 g/mol. The van der Waals surface area contributed by atoms with Gasteiger partial charge in [-0.1, -0.05) is 0 Å². The minimum atomic E-state index is -0.352. The Morgan fingerprint density at radius 2 is 1.87 bits per heavy atom. The molecule has 0 unspecified atom stereocenters. The summed E-state index contributed by atoms with van der Waals surface area (Å²) >= 11 is 0. The lowest BCUT2D eigenvalue weighted by Gasteiger charge is -2.20. The number of benzene rings is 2. The molecule has 1 aromatic heterocycles. The maximum Gasteiger partial charge on any atom is 0.243 e. The summed E-state index contributed by atoms with van der Waals surface area (Å²) in [7, 11) is 0. The number of hydrogen-bond donors (Lipinski definition) is 2. The van der Waals surface area contributed by atoms with E-state index < -0.39 is 0 Å². The number of fused-ring (bicyclic) bond motifs is 1. The number of carbonyl (C=O) groups is 1. The molecule has 7 heteroatoms. The summed E-state index contributed by atoms with van der Waals surface area (Å²) < 4.78 is 11.7. The van der Waals surface area contributed by atoms with E-state index in [0.29, 0.717) is 18.9 Å². The molecule has 0 bridgehead atoms. The van der Waals surface area contributed by atoms with Crippen LogP contribution in [0.1, 0.15) is 39.5 Å². The first kappa shape index (κ1) is 21.6. The number of nitrogens with zero attached hydrogens (tertiary/aromatic N) is 2. The number of ether oxygens (including phenoxy) is 1. The molecule has 7 nitrogen and oxygen atoms in total. The standard InChI is InChI=1S/C23H29N3O4/c1-3-26(4-2)18-11-14-20-21(16-18)30-23(24-20)17-9-12-19(13-10-17)29-15-7-5-6-8-22(27)25-28/h9-14,16,28H,3-8,15H2,1-2H3,(H,25,27). The Morgan fingerprint density at radius 3 is 2.57 bits per heavy atom. The Morgan fingerprint density at radius 1 is 1.10 bits per heavy atom. The number of unbranched alkanes of at least 4 members (excludes halogenated alkanes) is 2. The van der Waals surface area contributed by atoms with Crippen molar-refractivity contribution in [3.05, 3.63) is 42.5 Å². The van der Waals surface area contributed by atoms with Gasteiger partial charge >= 0.3 is 0 Å². The van der Waals surface area contributed by atoms with Gasteiger partial charge in [-0.05, 0) is 69.5 Å². The summed E-state index contributed by atoms with van der Waals surface area (Å²) in [5.41, 5.74) is 5.30. The molecule has 160 valence electrons. The third-order valence-electron chi connectivity index (χ3n) is 5.04. The van der Waals surface area contributed by atoms with E-state index in [9.17, 15) is 4.79 Å². The summed E-state index contributed by atoms with van der Waals surface area (Å²) in [6.07, 6.45) is 2.76. The lowest BCUT2D eigenvalue weighted by atomic mass is 10.2. The number of hydrogen-bond acceptors (Lipinski definition) is 6. The average Bonchev–Trinajstić information content (AvgIpc) is 3.20. The molecule has 3 rings (SSSR count). The number of rotatable bonds is 11. The highest BCUT2D eigenvalue weighted by atomic mass is 16.5. The first-order valence-electron chi connectivity index (χ1n) is 10.5. The van der Waals surface area contributed by atoms with E-state index in [1.807, 2.05) is 36.4 Å². The van der Waals surface area contributed by atoms with Gasteiger partial charge in [-0.2, -0.15) is 0 Å². The normalized spacial score (nSPS) is 10.9. The van der Waals surface area contributed by atoms with E-state index in [1.54, 1.807) is 5.48 Å². The molecule has 0 aliphatic carbocycles. The third kappa shape index (κ3) is 5.51. The molecule has 0 aliphatic heterocycles. The largest absolute Gasteiger partial charge is 0.494 e. The van der Waals surface area contributed by atoms with Gasteiger partial charge in [0.25, 0.3) is 0 Å². The molecule has 0 aliphatic rings. The lowest BCUT2D eigenvalue weighted by molar-refractivity contribution is -0.129. The van der Waals surface area contributed by atoms with Crippen molar-refractivity contribution in [2.75, 3.05) is 24.6 Å². The molecule has 0 atom stereocenters. The fourth-order valence-electron chi connectivity index (χ4n) is 3.33. The van der Waals surface area contributed by atoms with Crippen LogP contribution in [0.3, 0.4) is 0 Å². The number of anilines is 1. The van der Waals surface area contributed by atoms with E-state index in [2.05, 4.69) is 29.8 Å². The van der Waals surface area contributed by atoms with Crippen LogP contribution in [0.2, 0.25) is 0 Å². The fraction of sp³-hybridized carbons (Fsp3) is 0.391. The van der Waals surface area contributed by atoms with Crippen molar-refractivity contribution < 1.29 is 19.2 Å². The van der Waals surface area contributed by atoms with Crippen molar-refractivity contribution in [3.8, 4) is 17.2 Å². The number of carbonyl (C=O) groups excluding carboxylic acids is 1. The SMILES string of the molecule is CCN(CC)c1ccc2nc(-c3ccc(OCCCCCC(=O)NO)cc3)oc2c1. The second-order valence-corrected chi connectivity index (χ2v) is 7.06. The quantitative estimate of drug-likeness (QED) is 0.268. The minimum Gasteiger partial charge on any atom is -0.494 e. The van der Waals surface area contributed by atoms with Crippen molar-refractivity contribution in [3.63, 3.8) is 0 Å². The first-order valence-corrected chi connectivity index (χ1v) is 10.5. The van der Waals surface area contributed by atoms with Crippen LogP contribution in [0.4, 0.5) is 5.69 Å². The second kappa shape index (κ2) is 10.6. The number of amides is 1. The Hall–Kier alpha value is -3.06. The third-order valence-corrected chi connectivity index (χ3v) is 5.04. The number of aromatic nitrogens is 1. The highest BCUT2D eigenvalue weighted by Crippen LogP contribution is 2.28. The zero-order valence-corrected chi connectivity index (χ0v) is 17.6. The molecule has 2 aromatic carbocycles. The van der Waals surface area contributed by atoms with Crippen LogP contribution >= 0.6 is 0 Å². The molecule has 0 spiro atoms. The number of oxazole rings is 1. The lowest BCUT2D eigenvalue weighted by Crippen LogP contribution is -2.21. The highest BCUT2D eigenvalue weighted by molar-refractivity contribution is 5.80. The summed E-state index contributed by atoms with van der Waals surface area (Å²) in [6, 6.07) is 13.8. The van der Waals surface area contributed by atoms with E-state index in [0.717, 1.165) is 60.5 Å².